The molecule has 7 nitrogen and oxygen atoms in total. The van der Waals surface area contributed by atoms with Gasteiger partial charge in [0.1, 0.15) is 24.7 Å². The van der Waals surface area contributed by atoms with Gasteiger partial charge in [0.25, 0.3) is 5.91 Å². The monoisotopic (exact) mass is 412 g/mol. The lowest BCUT2D eigenvalue weighted by atomic mass is 10.2. The average molecular weight is 413 g/mol. The van der Waals surface area contributed by atoms with E-state index in [0.717, 1.165) is 5.56 Å². The molecule has 0 bridgehead atoms. The molecule has 3 aromatic rings. The molecule has 0 fully saturated rings. The van der Waals surface area contributed by atoms with Gasteiger partial charge in [-0.25, -0.2) is 4.98 Å². The molecular formula is C21H17ClN2O5. The molecule has 0 aliphatic rings. The van der Waals surface area contributed by atoms with E-state index in [1.807, 2.05) is 30.3 Å². The predicted molar refractivity (Wildman–Crippen MR) is 106 cm³/mol. The number of carbonyl (C=O) groups is 2. The molecule has 2 N–H and O–H groups in total. The summed E-state index contributed by atoms with van der Waals surface area (Å²) in [5, 5.41) is 12.9. The quantitative estimate of drug-likeness (QED) is 0.574. The van der Waals surface area contributed by atoms with Gasteiger partial charge in [-0.3, -0.25) is 9.59 Å². The molecule has 0 saturated heterocycles. The highest BCUT2D eigenvalue weighted by atomic mass is 35.5. The third kappa shape index (κ3) is 5.95. The van der Waals surface area contributed by atoms with Gasteiger partial charge in [-0.1, -0.05) is 48.0 Å². The molecule has 0 radical (unpaired) electrons. The van der Waals surface area contributed by atoms with E-state index in [1.165, 1.54) is 12.3 Å². The summed E-state index contributed by atoms with van der Waals surface area (Å²) in [6.45, 7) is -0.248. The number of halogens is 1. The highest BCUT2D eigenvalue weighted by Gasteiger charge is 2.16. The highest BCUT2D eigenvalue weighted by Crippen LogP contribution is 2.27. The summed E-state index contributed by atoms with van der Waals surface area (Å²) in [5.74, 6) is -1.03. The van der Waals surface area contributed by atoms with Crippen molar-refractivity contribution in [3.05, 3.63) is 83.1 Å². The van der Waals surface area contributed by atoms with Crippen molar-refractivity contribution in [3.8, 4) is 17.2 Å². The average Bonchev–Trinajstić information content (AvgIpc) is 2.71. The van der Waals surface area contributed by atoms with Gasteiger partial charge >= 0.3 is 5.97 Å². The molecule has 1 aromatic heterocycles. The van der Waals surface area contributed by atoms with Gasteiger partial charge in [0.2, 0.25) is 0 Å². The van der Waals surface area contributed by atoms with Crippen LogP contribution in [0.15, 0.2) is 66.9 Å². The van der Waals surface area contributed by atoms with Crippen molar-refractivity contribution < 1.29 is 24.2 Å². The summed E-state index contributed by atoms with van der Waals surface area (Å²) >= 11 is 5.89. The van der Waals surface area contributed by atoms with Crippen LogP contribution in [0.25, 0.3) is 0 Å². The number of hydrogen-bond donors (Lipinski definition) is 2. The van der Waals surface area contributed by atoms with Crippen molar-refractivity contribution >= 4 is 23.5 Å². The van der Waals surface area contributed by atoms with E-state index in [0.29, 0.717) is 10.8 Å². The number of benzene rings is 2. The highest BCUT2D eigenvalue weighted by molar-refractivity contribution is 6.30. The largest absolute Gasteiger partial charge is 0.505 e. The number of carbonyl (C=O) groups excluding carboxylic acids is 2. The Morgan fingerprint density at radius 3 is 2.55 bits per heavy atom. The van der Waals surface area contributed by atoms with Crippen LogP contribution in [0.1, 0.15) is 16.1 Å². The first-order chi connectivity index (χ1) is 14.0. The Bertz CT molecular complexity index is 1010. The topological polar surface area (TPSA) is 97.8 Å². The molecule has 0 spiro atoms. The van der Waals surface area contributed by atoms with Crippen LogP contribution in [-0.4, -0.2) is 28.5 Å². The fourth-order valence-corrected chi connectivity index (χ4v) is 2.54. The fourth-order valence-electron chi connectivity index (χ4n) is 2.36. The van der Waals surface area contributed by atoms with Gasteiger partial charge in [0.05, 0.1) is 6.20 Å². The number of ether oxygens (including phenoxy) is 2. The zero-order valence-corrected chi connectivity index (χ0v) is 15.9. The molecule has 0 saturated carbocycles. The minimum absolute atomic E-state index is 0.106. The molecule has 1 amide bonds. The molecule has 0 aliphatic heterocycles. The summed E-state index contributed by atoms with van der Waals surface area (Å²) in [5.41, 5.74) is 0.598. The Morgan fingerprint density at radius 2 is 1.83 bits per heavy atom. The first-order valence-corrected chi connectivity index (χ1v) is 8.99. The van der Waals surface area contributed by atoms with Gasteiger partial charge in [0.15, 0.2) is 11.4 Å². The lowest BCUT2D eigenvalue weighted by Crippen LogP contribution is -2.31. The lowest BCUT2D eigenvalue weighted by Gasteiger charge is -2.09. The maximum Gasteiger partial charge on any atom is 0.325 e. The Morgan fingerprint density at radius 1 is 1.03 bits per heavy atom. The maximum absolute atomic E-state index is 12.2. The summed E-state index contributed by atoms with van der Waals surface area (Å²) in [4.78, 5) is 27.8. The number of rotatable bonds is 7. The van der Waals surface area contributed by atoms with E-state index in [9.17, 15) is 14.7 Å². The van der Waals surface area contributed by atoms with E-state index >= 15 is 0 Å². The third-order valence-electron chi connectivity index (χ3n) is 3.73. The number of esters is 1. The molecular weight excluding hydrogens is 396 g/mol. The number of amides is 1. The summed E-state index contributed by atoms with van der Waals surface area (Å²) in [7, 11) is 0. The van der Waals surface area contributed by atoms with Gasteiger partial charge < -0.3 is 19.9 Å². The summed E-state index contributed by atoms with van der Waals surface area (Å²) < 4.78 is 10.6. The number of pyridine rings is 1. The standard InChI is InChI=1S/C21H17ClN2O5/c22-15-7-4-8-16(9-15)29-17-10-18(25)20(23-11-17)21(27)24-12-19(26)28-13-14-5-2-1-3-6-14/h1-11,25H,12-13H2,(H,24,27). The molecule has 148 valence electrons. The van der Waals surface area contributed by atoms with E-state index in [1.54, 1.807) is 24.3 Å². The second-order valence-corrected chi connectivity index (χ2v) is 6.36. The van der Waals surface area contributed by atoms with Gasteiger partial charge in [-0.2, -0.15) is 0 Å². The SMILES string of the molecule is O=C(CNC(=O)c1ncc(Oc2cccc(Cl)c2)cc1O)OCc1ccccc1. The van der Waals surface area contributed by atoms with Crippen molar-refractivity contribution in [2.45, 2.75) is 6.61 Å². The van der Waals surface area contributed by atoms with Crippen LogP contribution in [0, 0.1) is 0 Å². The van der Waals surface area contributed by atoms with Crippen LogP contribution >= 0.6 is 11.6 Å². The Labute approximate surface area is 171 Å². The molecule has 0 unspecified atom stereocenters. The first-order valence-electron chi connectivity index (χ1n) is 8.61. The van der Waals surface area contributed by atoms with Gasteiger partial charge in [-0.15, -0.1) is 0 Å². The molecule has 8 heteroatoms. The first kappa shape index (κ1) is 20.2. The number of aromatic nitrogens is 1. The molecule has 1 heterocycles. The summed E-state index contributed by atoms with van der Waals surface area (Å²) in [6, 6.07) is 17.1. The fraction of sp³-hybridized carbons (Fsp3) is 0.0952. The van der Waals surface area contributed by atoms with Crippen molar-refractivity contribution in [2.24, 2.45) is 0 Å². The number of nitrogens with zero attached hydrogens (tertiary/aromatic N) is 1. The number of hydrogen-bond acceptors (Lipinski definition) is 6. The smallest absolute Gasteiger partial charge is 0.325 e. The number of aromatic hydroxyl groups is 1. The molecule has 29 heavy (non-hydrogen) atoms. The molecule has 0 atom stereocenters. The Kier molecular flexibility index (Phi) is 6.65. The van der Waals surface area contributed by atoms with Crippen LogP contribution in [0.3, 0.4) is 0 Å². The van der Waals surface area contributed by atoms with Crippen molar-refractivity contribution in [3.63, 3.8) is 0 Å². The van der Waals surface area contributed by atoms with Crippen molar-refractivity contribution in [2.75, 3.05) is 6.54 Å². The zero-order chi connectivity index (χ0) is 20.6. The van der Waals surface area contributed by atoms with Crippen LogP contribution < -0.4 is 10.1 Å². The summed E-state index contributed by atoms with van der Waals surface area (Å²) in [6.07, 6.45) is 1.28. The normalized spacial score (nSPS) is 10.2. The molecule has 3 rings (SSSR count). The predicted octanol–water partition coefficient (Wildman–Crippen LogP) is 3.71. The van der Waals surface area contributed by atoms with E-state index in [2.05, 4.69) is 10.3 Å². The van der Waals surface area contributed by atoms with Crippen LogP contribution in [-0.2, 0) is 16.1 Å². The molecule has 2 aromatic carbocycles. The number of nitrogens with one attached hydrogen (secondary N) is 1. The van der Waals surface area contributed by atoms with E-state index in [-0.39, 0.29) is 30.3 Å². The van der Waals surface area contributed by atoms with Crippen molar-refractivity contribution in [1.29, 1.82) is 0 Å². The van der Waals surface area contributed by atoms with Crippen LogP contribution in [0.5, 0.6) is 17.2 Å². The van der Waals surface area contributed by atoms with Gasteiger partial charge in [-0.05, 0) is 23.8 Å². The van der Waals surface area contributed by atoms with E-state index in [4.69, 9.17) is 21.1 Å². The second-order valence-electron chi connectivity index (χ2n) is 5.93. The zero-order valence-electron chi connectivity index (χ0n) is 15.2. The lowest BCUT2D eigenvalue weighted by molar-refractivity contribution is -0.143. The van der Waals surface area contributed by atoms with Crippen LogP contribution in [0.4, 0.5) is 0 Å². The maximum atomic E-state index is 12.2. The van der Waals surface area contributed by atoms with E-state index < -0.39 is 11.9 Å². The van der Waals surface area contributed by atoms with Gasteiger partial charge in [0, 0.05) is 11.1 Å². The minimum Gasteiger partial charge on any atom is -0.505 e. The van der Waals surface area contributed by atoms with Crippen molar-refractivity contribution in [1.82, 2.24) is 10.3 Å². The Hall–Kier alpha value is -3.58. The molecule has 0 aliphatic carbocycles. The van der Waals surface area contributed by atoms with Crippen LogP contribution in [0.2, 0.25) is 5.02 Å². The Balaban J connectivity index is 1.53. The second kappa shape index (κ2) is 9.57. The minimum atomic E-state index is -0.714. The third-order valence-corrected chi connectivity index (χ3v) is 3.96.